The van der Waals surface area contributed by atoms with Gasteiger partial charge in [0.1, 0.15) is 10.5 Å². The summed E-state index contributed by atoms with van der Waals surface area (Å²) in [5, 5.41) is 2.51. The Kier molecular flexibility index (Phi) is 7.43. The van der Waals surface area contributed by atoms with Gasteiger partial charge in [0.2, 0.25) is 0 Å². The summed E-state index contributed by atoms with van der Waals surface area (Å²) in [5.74, 6) is -1.13. The van der Waals surface area contributed by atoms with Crippen LogP contribution in [0.5, 0.6) is 11.5 Å². The number of halogens is 1. The van der Waals surface area contributed by atoms with Crippen molar-refractivity contribution in [3.05, 3.63) is 87.0 Å². The van der Waals surface area contributed by atoms with Crippen LogP contribution in [0.25, 0.3) is 6.08 Å². The summed E-state index contributed by atoms with van der Waals surface area (Å²) < 4.78 is 36.8. The molecule has 1 aliphatic heterocycles. The van der Waals surface area contributed by atoms with Gasteiger partial charge in [-0.1, -0.05) is 35.9 Å². The van der Waals surface area contributed by atoms with Crippen LogP contribution in [0.3, 0.4) is 0 Å². The number of hydrogen-bond acceptors (Lipinski definition) is 7. The van der Waals surface area contributed by atoms with Crippen molar-refractivity contribution in [2.75, 3.05) is 12.0 Å². The second-order valence-electron chi connectivity index (χ2n) is 7.68. The fourth-order valence-corrected chi connectivity index (χ4v) is 5.53. The summed E-state index contributed by atoms with van der Waals surface area (Å²) >= 11 is 7.11. The van der Waals surface area contributed by atoms with Gasteiger partial charge in [-0.3, -0.25) is 19.8 Å². The number of nitrogens with one attached hydrogen (secondary N) is 1. The fourth-order valence-electron chi connectivity index (χ4n) is 3.40. The topological polar surface area (TPSA) is 102 Å². The largest absolute Gasteiger partial charge is 0.493 e. The van der Waals surface area contributed by atoms with E-state index in [2.05, 4.69) is 5.32 Å². The minimum atomic E-state index is -4.13. The molecular weight excluding hydrogens is 615 g/mol. The molecule has 3 aromatic carbocycles. The van der Waals surface area contributed by atoms with E-state index in [4.69, 9.17) is 21.1 Å². The maximum absolute atomic E-state index is 13.2. The van der Waals surface area contributed by atoms with Gasteiger partial charge in [0, 0.05) is 0 Å². The number of aryl methyl sites for hydroxylation is 1. The smallest absolute Gasteiger partial charge is 0.339 e. The van der Waals surface area contributed by atoms with Crippen molar-refractivity contribution in [1.29, 1.82) is 0 Å². The maximum atomic E-state index is 13.2. The average Bonchev–Trinajstić information content (AvgIpc) is 2.84. The number of thiocarbonyl (C=S) groups is 1. The van der Waals surface area contributed by atoms with Gasteiger partial charge in [-0.25, -0.2) is 0 Å². The molecule has 1 N–H and O–H groups in total. The minimum absolute atomic E-state index is 0.00130. The Bertz CT molecular complexity index is 1500. The Hall–Kier alpha value is -3.29. The minimum Gasteiger partial charge on any atom is -0.493 e. The number of nitrogens with zero attached hydrogens (tertiary/aromatic N) is 1. The summed E-state index contributed by atoms with van der Waals surface area (Å²) in [5.41, 5.74) is 1.70. The first kappa shape index (κ1) is 25.8. The predicted molar refractivity (Wildman–Crippen MR) is 147 cm³/mol. The van der Waals surface area contributed by atoms with E-state index in [1.807, 2.05) is 29.5 Å². The Morgan fingerprint density at radius 3 is 2.33 bits per heavy atom. The summed E-state index contributed by atoms with van der Waals surface area (Å²) in [7, 11) is -2.76. The molecule has 4 rings (SSSR count). The molecule has 0 aliphatic carbocycles. The van der Waals surface area contributed by atoms with Crippen LogP contribution in [0.15, 0.2) is 77.2 Å². The normalized spacial score (nSPS) is 15.1. The molecular formula is C25H19IN2O6S2. The van der Waals surface area contributed by atoms with Crippen LogP contribution in [0.4, 0.5) is 5.69 Å². The van der Waals surface area contributed by atoms with E-state index in [0.29, 0.717) is 14.8 Å². The van der Waals surface area contributed by atoms with Crippen molar-refractivity contribution in [2.24, 2.45) is 0 Å². The lowest BCUT2D eigenvalue weighted by atomic mass is 10.1. The molecule has 0 saturated carbocycles. The van der Waals surface area contributed by atoms with Crippen LogP contribution in [0.2, 0.25) is 0 Å². The van der Waals surface area contributed by atoms with Gasteiger partial charge < -0.3 is 8.92 Å². The molecule has 3 aromatic rings. The highest BCUT2D eigenvalue weighted by atomic mass is 127. The van der Waals surface area contributed by atoms with Crippen LogP contribution in [0.1, 0.15) is 11.1 Å². The first-order chi connectivity index (χ1) is 17.1. The maximum Gasteiger partial charge on any atom is 0.339 e. The number of amides is 2. The van der Waals surface area contributed by atoms with E-state index in [9.17, 15) is 18.0 Å². The highest BCUT2D eigenvalue weighted by molar-refractivity contribution is 14.1. The van der Waals surface area contributed by atoms with Crippen molar-refractivity contribution in [1.82, 2.24) is 5.32 Å². The van der Waals surface area contributed by atoms with Crippen molar-refractivity contribution in [3.8, 4) is 11.5 Å². The van der Waals surface area contributed by atoms with Crippen molar-refractivity contribution >= 4 is 73.6 Å². The molecule has 36 heavy (non-hydrogen) atoms. The molecule has 8 nitrogen and oxygen atoms in total. The monoisotopic (exact) mass is 634 g/mol. The van der Waals surface area contributed by atoms with E-state index >= 15 is 0 Å². The molecule has 0 unspecified atom stereocenters. The van der Waals surface area contributed by atoms with E-state index < -0.39 is 21.9 Å². The van der Waals surface area contributed by atoms with Crippen molar-refractivity contribution in [2.45, 2.75) is 11.8 Å². The Morgan fingerprint density at radius 1 is 1.03 bits per heavy atom. The second kappa shape index (κ2) is 10.4. The zero-order valence-corrected chi connectivity index (χ0v) is 22.8. The molecule has 1 saturated heterocycles. The zero-order chi connectivity index (χ0) is 26.0. The predicted octanol–water partition coefficient (Wildman–Crippen LogP) is 4.21. The Labute approximate surface area is 227 Å². The van der Waals surface area contributed by atoms with E-state index in [1.54, 1.807) is 48.5 Å². The molecule has 0 bridgehead atoms. The molecule has 0 atom stereocenters. The Morgan fingerprint density at radius 2 is 1.69 bits per heavy atom. The number of ether oxygens (including phenoxy) is 1. The van der Waals surface area contributed by atoms with Gasteiger partial charge >= 0.3 is 10.1 Å². The van der Waals surface area contributed by atoms with Gasteiger partial charge in [0.05, 0.1) is 16.4 Å². The summed E-state index contributed by atoms with van der Waals surface area (Å²) in [6, 6.07) is 18.0. The fraction of sp³-hybridized carbons (Fsp3) is 0.0800. The molecule has 184 valence electrons. The van der Waals surface area contributed by atoms with Gasteiger partial charge in [0.15, 0.2) is 16.6 Å². The lowest BCUT2D eigenvalue weighted by molar-refractivity contribution is -0.122. The molecule has 2 amide bonds. The number of carbonyl (C=O) groups excluding carboxylic acids is 2. The van der Waals surface area contributed by atoms with Crippen molar-refractivity contribution in [3.63, 3.8) is 0 Å². The molecule has 11 heteroatoms. The molecule has 0 spiro atoms. The van der Waals surface area contributed by atoms with Crippen LogP contribution in [-0.4, -0.2) is 32.5 Å². The van der Waals surface area contributed by atoms with Crippen LogP contribution < -0.4 is 19.1 Å². The SMILES string of the molecule is COc1cc(/C=C2/C(=O)NC(=S)N(c3ccccc3)C2=O)cc(I)c1OS(=O)(=O)c1ccc(C)cc1. The number of anilines is 1. The summed E-state index contributed by atoms with van der Waals surface area (Å²) in [4.78, 5) is 27.0. The number of para-hydroxylation sites is 1. The number of hydrogen-bond donors (Lipinski definition) is 1. The molecule has 1 aliphatic rings. The number of methoxy groups -OCH3 is 1. The van der Waals surface area contributed by atoms with Crippen molar-refractivity contribution < 1.29 is 26.9 Å². The van der Waals surface area contributed by atoms with E-state index in [1.165, 1.54) is 36.3 Å². The quantitative estimate of drug-likeness (QED) is 0.143. The number of rotatable bonds is 6. The lowest BCUT2D eigenvalue weighted by Gasteiger charge is -2.28. The third-order valence-electron chi connectivity index (χ3n) is 5.18. The number of carbonyl (C=O) groups is 2. The van der Waals surface area contributed by atoms with Crippen LogP contribution in [0, 0.1) is 10.5 Å². The highest BCUT2D eigenvalue weighted by Crippen LogP contribution is 2.37. The lowest BCUT2D eigenvalue weighted by Crippen LogP contribution is -2.54. The molecule has 1 heterocycles. The third-order valence-corrected chi connectivity index (χ3v) is 7.50. The summed E-state index contributed by atoms with van der Waals surface area (Å²) in [6.45, 7) is 1.85. The van der Waals surface area contributed by atoms with Gasteiger partial charge in [-0.2, -0.15) is 8.42 Å². The van der Waals surface area contributed by atoms with Gasteiger partial charge in [-0.15, -0.1) is 0 Å². The van der Waals surface area contributed by atoms with Gasteiger partial charge in [0.25, 0.3) is 11.8 Å². The number of benzene rings is 3. The van der Waals surface area contributed by atoms with E-state index in [0.717, 1.165) is 5.56 Å². The highest BCUT2D eigenvalue weighted by Gasteiger charge is 2.34. The first-order valence-electron chi connectivity index (χ1n) is 10.5. The third kappa shape index (κ3) is 5.27. The summed E-state index contributed by atoms with van der Waals surface area (Å²) in [6.07, 6.45) is 1.39. The first-order valence-corrected chi connectivity index (χ1v) is 13.4. The zero-order valence-electron chi connectivity index (χ0n) is 19.0. The van der Waals surface area contributed by atoms with Crippen LogP contribution in [-0.2, 0) is 19.7 Å². The average molecular weight is 634 g/mol. The van der Waals surface area contributed by atoms with Gasteiger partial charge in [-0.05, 0) is 89.8 Å². The van der Waals surface area contributed by atoms with Crippen LogP contribution >= 0.6 is 34.8 Å². The second-order valence-corrected chi connectivity index (χ2v) is 10.8. The molecule has 0 aromatic heterocycles. The Balaban J connectivity index is 1.70. The standard InChI is InChI=1S/C25H19IN2O6S2/c1-15-8-10-18(11-9-15)36(31,32)34-22-20(26)13-16(14-21(22)33-2)12-19-23(29)27-25(35)28(24(19)30)17-6-4-3-5-7-17/h3-14H,1-2H3,(H,27,29,35)/b19-12-. The molecule has 1 fully saturated rings. The molecule has 0 radical (unpaired) electrons. The van der Waals surface area contributed by atoms with E-state index in [-0.39, 0.29) is 27.1 Å².